The van der Waals surface area contributed by atoms with Crippen LogP contribution in [0, 0.1) is 84.1 Å². The standard InChI is InChI=1S/2C28H24N2.C26H20N2.3C11H8N.3Ir/c1-20-16-24(22-10-5-4-6-11-22)17-21(2)28(20)23-12-9-13-25(18-23)30-19-29(3)26-14-7-8-15-27(26)30;1-20-13-18-25(30-19-29(3)26-11-7-8-12-27(26)30)21(2)28(20)24-16-14-23(15-17-24)22-9-5-4-6-10-22;1-27-19-28(26-13-6-5-12-25(26)27)24-11-7-10-23(18-24)22-16-14-21(15-17-22)20-8-3-2-4-9-20;3*1-2-6-10(7-3-1)11-8-4-5-9-12-11;;;/h4-12,14-19H,1-3H3;4-17,19H,1-3H3;2-10,12-19H,1H3;3*1-6,8-9H;;;/q3*-2;3*-1;3*+3. The fourth-order valence-corrected chi connectivity index (χ4v) is 15.7. The van der Waals surface area contributed by atoms with Crippen LogP contribution in [0.1, 0.15) is 22.3 Å². The maximum atomic E-state index is 4.22. The van der Waals surface area contributed by atoms with Gasteiger partial charge in [-0.1, -0.05) is 238 Å². The molecule has 9 nitrogen and oxygen atoms in total. The van der Waals surface area contributed by atoms with Crippen LogP contribution in [-0.4, -0.2) is 36.1 Å². The van der Waals surface area contributed by atoms with Gasteiger partial charge in [-0.3, -0.25) is 0 Å². The Hall–Kier alpha value is -13.5. The molecule has 3 aliphatic rings. The van der Waals surface area contributed by atoms with Crippen LogP contribution in [0.5, 0.6) is 0 Å². The minimum atomic E-state index is 0. The van der Waals surface area contributed by atoms with Crippen LogP contribution >= 0.6 is 0 Å². The molecule has 3 aromatic heterocycles. The van der Waals surface area contributed by atoms with Gasteiger partial charge in [0.15, 0.2) is 0 Å². The zero-order valence-electron chi connectivity index (χ0n) is 71.5. The second kappa shape index (κ2) is 44.4. The van der Waals surface area contributed by atoms with Crippen molar-refractivity contribution >= 4 is 51.2 Å². The number of nitrogens with zero attached hydrogens (tertiary/aromatic N) is 9. The zero-order chi connectivity index (χ0) is 84.9. The van der Waals surface area contributed by atoms with Gasteiger partial charge in [0.05, 0.1) is 0 Å². The first-order valence-electron chi connectivity index (χ1n) is 41.5. The summed E-state index contributed by atoms with van der Waals surface area (Å²) in [6.07, 6.45) is 5.36. The molecule has 0 unspecified atom stereocenters. The summed E-state index contributed by atoms with van der Waals surface area (Å²) in [6, 6.07) is 155. The monoisotopic (exact) mass is 2180 g/mol. The quantitative estimate of drug-likeness (QED) is 0.111. The molecule has 0 amide bonds. The van der Waals surface area contributed by atoms with Gasteiger partial charge in [0.1, 0.15) is 0 Å². The van der Waals surface area contributed by atoms with E-state index in [1.54, 1.807) is 18.6 Å². The predicted octanol–water partition coefficient (Wildman–Crippen LogP) is 28.5. The average molecular weight is 2180 g/mol. The predicted molar refractivity (Wildman–Crippen MR) is 517 cm³/mol. The molecular formula is C115H92Ir3N9. The van der Waals surface area contributed by atoms with Crippen molar-refractivity contribution in [1.29, 1.82) is 0 Å². The fraction of sp³-hybridized carbons (Fsp3) is 0.0609. The molecule has 0 spiro atoms. The van der Waals surface area contributed by atoms with Crippen molar-refractivity contribution in [2.45, 2.75) is 27.7 Å². The third-order valence-corrected chi connectivity index (χ3v) is 21.8. The topological polar surface area (TPSA) is 58.1 Å². The van der Waals surface area contributed by atoms with Crippen LogP contribution in [0.2, 0.25) is 0 Å². The van der Waals surface area contributed by atoms with E-state index in [1.165, 1.54) is 123 Å². The molecule has 12 heteroatoms. The first kappa shape index (κ1) is 91.2. The summed E-state index contributed by atoms with van der Waals surface area (Å²) in [5.74, 6) is 0. The molecule has 0 atom stereocenters. The van der Waals surface area contributed by atoms with Crippen LogP contribution in [0.3, 0.4) is 0 Å². The van der Waals surface area contributed by atoms with Crippen LogP contribution in [-0.2, 0) is 60.3 Å². The summed E-state index contributed by atoms with van der Waals surface area (Å²) in [7, 11) is 6.25. The molecule has 0 saturated carbocycles. The smallest absolute Gasteiger partial charge is 0.504 e. The molecule has 0 radical (unpaired) electrons. The molecule has 624 valence electrons. The van der Waals surface area contributed by atoms with Crippen molar-refractivity contribution in [2.24, 2.45) is 0 Å². The molecule has 0 fully saturated rings. The summed E-state index contributed by atoms with van der Waals surface area (Å²) in [5.41, 5.74) is 36.3. The third-order valence-electron chi connectivity index (χ3n) is 21.8. The van der Waals surface area contributed by atoms with E-state index in [0.29, 0.717) is 0 Å². The number of aromatic nitrogens is 3. The number of para-hydroxylation sites is 6. The first-order valence-corrected chi connectivity index (χ1v) is 41.5. The number of rotatable bonds is 12. The average Bonchev–Trinajstić information content (AvgIpc) is 1.64. The van der Waals surface area contributed by atoms with Crippen molar-refractivity contribution < 1.29 is 60.3 Å². The minimum Gasteiger partial charge on any atom is -0.504 e. The van der Waals surface area contributed by atoms with Gasteiger partial charge in [0.25, 0.3) is 0 Å². The van der Waals surface area contributed by atoms with E-state index in [-0.39, 0.29) is 60.3 Å². The van der Waals surface area contributed by atoms with Gasteiger partial charge in [-0.2, -0.15) is 74.1 Å². The molecule has 0 bridgehead atoms. The van der Waals surface area contributed by atoms with E-state index in [1.807, 2.05) is 146 Å². The molecular weight excluding hydrogens is 2080 g/mol. The summed E-state index contributed by atoms with van der Waals surface area (Å²) >= 11 is 0. The number of hydrogen-bond acceptors (Lipinski definition) is 9. The second-order valence-electron chi connectivity index (χ2n) is 30.2. The maximum Gasteiger partial charge on any atom is 3.00 e. The summed E-state index contributed by atoms with van der Waals surface area (Å²) in [5, 5.41) is 0. The number of anilines is 9. The molecule has 127 heavy (non-hydrogen) atoms. The number of pyridine rings is 3. The van der Waals surface area contributed by atoms with Gasteiger partial charge in [-0.25, -0.2) is 0 Å². The summed E-state index contributed by atoms with van der Waals surface area (Å²) in [4.78, 5) is 25.8. The number of fused-ring (bicyclic) bond motifs is 3. The van der Waals surface area contributed by atoms with Crippen molar-refractivity contribution in [3.63, 3.8) is 0 Å². The number of hydrogen-bond donors (Lipinski definition) is 0. The fourth-order valence-electron chi connectivity index (χ4n) is 15.7. The van der Waals surface area contributed by atoms with Crippen molar-refractivity contribution in [2.75, 3.05) is 50.5 Å². The van der Waals surface area contributed by atoms with Crippen LogP contribution < -0.4 is 29.4 Å². The summed E-state index contributed by atoms with van der Waals surface area (Å²) < 4.78 is 0. The Kier molecular flexibility index (Phi) is 31.9. The van der Waals surface area contributed by atoms with Gasteiger partial charge >= 0.3 is 60.3 Å². The molecule has 18 aromatic rings. The van der Waals surface area contributed by atoms with E-state index in [0.717, 1.165) is 50.8 Å². The van der Waals surface area contributed by atoms with Crippen LogP contribution in [0.15, 0.2) is 413 Å². The Morgan fingerprint density at radius 2 is 0.551 bits per heavy atom. The van der Waals surface area contributed by atoms with E-state index < -0.39 is 0 Å². The first-order chi connectivity index (χ1) is 60.9. The van der Waals surface area contributed by atoms with Gasteiger partial charge < -0.3 is 44.4 Å². The zero-order valence-corrected chi connectivity index (χ0v) is 78.7. The van der Waals surface area contributed by atoms with Gasteiger partial charge in [-0.05, 0) is 168 Å². The van der Waals surface area contributed by atoms with Crippen LogP contribution in [0.4, 0.5) is 51.2 Å². The van der Waals surface area contributed by atoms with Crippen molar-refractivity contribution in [3.8, 4) is 101 Å². The van der Waals surface area contributed by atoms with E-state index in [9.17, 15) is 0 Å². The van der Waals surface area contributed by atoms with E-state index >= 15 is 0 Å². The normalized spacial score (nSPS) is 11.7. The Morgan fingerprint density at radius 3 is 0.929 bits per heavy atom. The Morgan fingerprint density at radius 1 is 0.236 bits per heavy atom. The van der Waals surface area contributed by atoms with E-state index in [2.05, 4.69) is 398 Å². The molecule has 6 heterocycles. The minimum absolute atomic E-state index is 0. The van der Waals surface area contributed by atoms with Gasteiger partial charge in [-0.15, -0.1) is 159 Å². The Labute approximate surface area is 790 Å². The van der Waals surface area contributed by atoms with Gasteiger partial charge in [0, 0.05) is 52.7 Å². The Balaban J connectivity index is 0.000000135. The second-order valence-corrected chi connectivity index (χ2v) is 30.2. The molecule has 0 saturated heterocycles. The molecule has 3 aliphatic heterocycles. The number of benzene rings is 15. The van der Waals surface area contributed by atoms with E-state index in [4.69, 9.17) is 0 Å². The largest absolute Gasteiger partial charge is 3.00 e. The van der Waals surface area contributed by atoms with Crippen molar-refractivity contribution in [1.82, 2.24) is 15.0 Å². The molecule has 15 aromatic carbocycles. The molecule has 21 rings (SSSR count). The maximum absolute atomic E-state index is 4.22. The third kappa shape index (κ3) is 22.2. The van der Waals surface area contributed by atoms with Crippen molar-refractivity contribution in [3.05, 3.63) is 492 Å². The molecule has 0 aliphatic carbocycles. The SMILES string of the molecule is CN1[CH-]N(c2[c-]ccc(-c3ccc(-c4ccccc4)cc3)c2)c2ccccc21.Cc1c[c-]c(N2[CH-]N(C)c3ccccc32)c(C)c1-c1ccc(-c2ccccc2)cc1.Cc1cc(-c2ccccc2)cc(C)c1-c1cc[c-]c(N2[CH-]N(C)c3ccccc32)c1.[Ir+3].[Ir+3].[Ir+3].[c-]1ccccc1-c1ccccn1.[c-]1ccccc1-c1ccccn1.[c-]1ccccc1-c1ccccn1. The summed E-state index contributed by atoms with van der Waals surface area (Å²) in [6.45, 7) is 15.2. The Bertz CT molecular complexity index is 6170. The molecule has 0 N–H and O–H groups in total. The number of aryl methyl sites for hydroxylation is 3. The van der Waals surface area contributed by atoms with Gasteiger partial charge in [0.2, 0.25) is 0 Å². The van der Waals surface area contributed by atoms with Crippen LogP contribution in [0.25, 0.3) is 101 Å².